The molecule has 0 radical (unpaired) electrons. The predicted molar refractivity (Wildman–Crippen MR) is 159 cm³/mol. The number of carbonyl (C=O) groups excluding carboxylic acids is 2. The average Bonchev–Trinajstić information content (AvgIpc) is 2.90. The molecule has 0 saturated heterocycles. The molecule has 0 aliphatic heterocycles. The van der Waals surface area contributed by atoms with Crippen LogP contribution in [0.25, 0.3) is 0 Å². The lowest BCUT2D eigenvalue weighted by Gasteiger charge is -2.28. The summed E-state index contributed by atoms with van der Waals surface area (Å²) in [6, 6.07) is 17.1. The molecule has 0 aromatic heterocycles. The SMILES string of the molecule is COc1ccc(NC(=O)[C@@H](NC(=O)CCc2cc(C(C)(C)C)c(O)c(C(C)(C)C)c2)c2ccc(OC)cc2)cc1. The number of aromatic hydroxyl groups is 1. The molecule has 0 aliphatic carbocycles. The number of rotatable bonds is 9. The third-order valence-electron chi connectivity index (χ3n) is 6.80. The van der Waals surface area contributed by atoms with E-state index in [9.17, 15) is 14.7 Å². The van der Waals surface area contributed by atoms with Crippen molar-refractivity contribution < 1.29 is 24.2 Å². The van der Waals surface area contributed by atoms with Crippen molar-refractivity contribution in [1.82, 2.24) is 5.32 Å². The fraction of sp³-hybridized carbons (Fsp3) is 0.394. The highest BCUT2D eigenvalue weighted by atomic mass is 16.5. The van der Waals surface area contributed by atoms with Crippen LogP contribution in [0.3, 0.4) is 0 Å². The molecule has 0 fully saturated rings. The molecule has 0 saturated carbocycles. The Morgan fingerprint density at radius 2 is 1.27 bits per heavy atom. The van der Waals surface area contributed by atoms with Gasteiger partial charge in [-0.3, -0.25) is 9.59 Å². The molecule has 0 bridgehead atoms. The number of ether oxygens (including phenoxy) is 2. The molecule has 3 aromatic rings. The standard InChI is InChI=1S/C33H42N2O5/c1-32(2,3)26-19-21(20-27(30(26)37)33(4,5)6)9-18-28(36)35-29(22-10-14-24(39-7)15-11-22)31(38)34-23-12-16-25(40-8)17-13-23/h10-17,19-20,29,37H,9,18H2,1-8H3,(H,34,38)(H,35,36)/t29-/m0/s1. The summed E-state index contributed by atoms with van der Waals surface area (Å²) in [4.78, 5) is 26.6. The van der Waals surface area contributed by atoms with Gasteiger partial charge in [0.05, 0.1) is 14.2 Å². The molecule has 7 heteroatoms. The van der Waals surface area contributed by atoms with Gasteiger partial charge in [-0.25, -0.2) is 0 Å². The van der Waals surface area contributed by atoms with Crippen molar-refractivity contribution in [3.05, 3.63) is 82.9 Å². The maximum Gasteiger partial charge on any atom is 0.251 e. The van der Waals surface area contributed by atoms with Gasteiger partial charge in [-0.2, -0.15) is 0 Å². The predicted octanol–water partition coefficient (Wildman–Crippen LogP) is 6.43. The maximum absolute atomic E-state index is 13.4. The number of phenolic OH excluding ortho intramolecular Hbond substituents is 1. The summed E-state index contributed by atoms with van der Waals surface area (Å²) in [7, 11) is 3.15. The topological polar surface area (TPSA) is 96.9 Å². The fourth-order valence-corrected chi connectivity index (χ4v) is 4.46. The first-order valence-electron chi connectivity index (χ1n) is 13.5. The van der Waals surface area contributed by atoms with Crippen LogP contribution in [-0.2, 0) is 26.8 Å². The molecule has 3 rings (SSSR count). The Hall–Kier alpha value is -4.00. The summed E-state index contributed by atoms with van der Waals surface area (Å²) in [6.07, 6.45) is 0.647. The van der Waals surface area contributed by atoms with Crippen LogP contribution in [0.4, 0.5) is 5.69 Å². The average molecular weight is 547 g/mol. The van der Waals surface area contributed by atoms with Crippen LogP contribution in [0.2, 0.25) is 0 Å². The minimum Gasteiger partial charge on any atom is -0.507 e. The first kappa shape index (κ1) is 30.5. The van der Waals surface area contributed by atoms with E-state index in [1.54, 1.807) is 62.8 Å². The number of aryl methyl sites for hydroxylation is 1. The molecule has 2 amide bonds. The third kappa shape index (κ3) is 7.78. The van der Waals surface area contributed by atoms with E-state index < -0.39 is 6.04 Å². The molecule has 0 aliphatic rings. The van der Waals surface area contributed by atoms with Crippen molar-refractivity contribution >= 4 is 17.5 Å². The molecule has 40 heavy (non-hydrogen) atoms. The number of amides is 2. The van der Waals surface area contributed by atoms with E-state index in [2.05, 4.69) is 52.2 Å². The number of benzene rings is 3. The van der Waals surface area contributed by atoms with Crippen molar-refractivity contribution in [3.63, 3.8) is 0 Å². The van der Waals surface area contributed by atoms with Crippen LogP contribution in [0.5, 0.6) is 17.2 Å². The number of hydrogen-bond donors (Lipinski definition) is 3. The summed E-state index contributed by atoms with van der Waals surface area (Å²) >= 11 is 0. The third-order valence-corrected chi connectivity index (χ3v) is 6.80. The van der Waals surface area contributed by atoms with Crippen LogP contribution in [0.15, 0.2) is 60.7 Å². The Labute approximate surface area is 237 Å². The number of anilines is 1. The Balaban J connectivity index is 1.82. The minimum atomic E-state index is -0.907. The van der Waals surface area contributed by atoms with Crippen molar-refractivity contribution in [2.45, 2.75) is 71.3 Å². The molecule has 0 heterocycles. The van der Waals surface area contributed by atoms with Gasteiger partial charge < -0.3 is 25.2 Å². The monoisotopic (exact) mass is 546 g/mol. The van der Waals surface area contributed by atoms with Gasteiger partial charge in [0.15, 0.2) is 0 Å². The number of nitrogens with one attached hydrogen (secondary N) is 2. The van der Waals surface area contributed by atoms with E-state index in [1.807, 2.05) is 12.1 Å². The molecular formula is C33H42N2O5. The summed E-state index contributed by atoms with van der Waals surface area (Å²) < 4.78 is 10.4. The quantitative estimate of drug-likeness (QED) is 0.287. The van der Waals surface area contributed by atoms with Crippen molar-refractivity contribution in [2.24, 2.45) is 0 Å². The van der Waals surface area contributed by atoms with Gasteiger partial charge in [0.25, 0.3) is 5.91 Å². The largest absolute Gasteiger partial charge is 0.507 e. The van der Waals surface area contributed by atoms with E-state index >= 15 is 0 Å². The highest BCUT2D eigenvalue weighted by molar-refractivity contribution is 5.98. The van der Waals surface area contributed by atoms with Crippen molar-refractivity contribution in [1.29, 1.82) is 0 Å². The molecule has 3 aromatic carbocycles. The maximum atomic E-state index is 13.4. The van der Waals surface area contributed by atoms with Gasteiger partial charge in [0, 0.05) is 12.1 Å². The smallest absolute Gasteiger partial charge is 0.251 e. The minimum absolute atomic E-state index is 0.181. The van der Waals surface area contributed by atoms with Gasteiger partial charge >= 0.3 is 0 Å². The van der Waals surface area contributed by atoms with E-state index in [4.69, 9.17) is 9.47 Å². The molecule has 3 N–H and O–H groups in total. The summed E-state index contributed by atoms with van der Waals surface area (Å²) in [5.41, 5.74) is 3.37. The number of hydrogen-bond acceptors (Lipinski definition) is 5. The Bertz CT molecular complexity index is 1280. The lowest BCUT2D eigenvalue weighted by Crippen LogP contribution is -2.37. The van der Waals surface area contributed by atoms with Crippen LogP contribution < -0.4 is 20.1 Å². The molecule has 7 nitrogen and oxygen atoms in total. The fourth-order valence-electron chi connectivity index (χ4n) is 4.46. The second-order valence-corrected chi connectivity index (χ2v) is 12.0. The van der Waals surface area contributed by atoms with E-state index in [-0.39, 0.29) is 29.1 Å². The molecular weight excluding hydrogens is 504 g/mol. The van der Waals surface area contributed by atoms with Gasteiger partial charge in [-0.15, -0.1) is 0 Å². The summed E-state index contributed by atoms with van der Waals surface area (Å²) in [5.74, 6) is 1.02. The zero-order valence-electron chi connectivity index (χ0n) is 24.8. The first-order valence-corrected chi connectivity index (χ1v) is 13.5. The molecule has 214 valence electrons. The van der Waals surface area contributed by atoms with Gasteiger partial charge in [-0.1, -0.05) is 65.8 Å². The second-order valence-electron chi connectivity index (χ2n) is 12.0. The van der Waals surface area contributed by atoms with E-state index in [0.29, 0.717) is 34.9 Å². The number of phenols is 1. The van der Waals surface area contributed by atoms with Crippen molar-refractivity contribution in [2.75, 3.05) is 19.5 Å². The summed E-state index contributed by atoms with van der Waals surface area (Å²) in [6.45, 7) is 12.4. The van der Waals surface area contributed by atoms with Crippen LogP contribution in [-0.4, -0.2) is 31.1 Å². The van der Waals surface area contributed by atoms with Crippen molar-refractivity contribution in [3.8, 4) is 17.2 Å². The molecule has 0 spiro atoms. The Morgan fingerprint density at radius 3 is 1.73 bits per heavy atom. The Morgan fingerprint density at radius 1 is 0.800 bits per heavy atom. The van der Waals surface area contributed by atoms with Gasteiger partial charge in [0.1, 0.15) is 23.3 Å². The normalized spacial score (nSPS) is 12.4. The van der Waals surface area contributed by atoms with E-state index in [1.165, 1.54) is 0 Å². The zero-order chi connectivity index (χ0) is 29.7. The number of methoxy groups -OCH3 is 2. The molecule has 1 atom stereocenters. The highest BCUT2D eigenvalue weighted by Crippen LogP contribution is 2.40. The molecule has 0 unspecified atom stereocenters. The summed E-state index contributed by atoms with van der Waals surface area (Å²) in [5, 5.41) is 16.8. The Kier molecular flexibility index (Phi) is 9.51. The van der Waals surface area contributed by atoms with Gasteiger partial charge in [0.2, 0.25) is 5.91 Å². The number of carbonyl (C=O) groups is 2. The zero-order valence-corrected chi connectivity index (χ0v) is 24.8. The van der Waals surface area contributed by atoms with E-state index in [0.717, 1.165) is 16.7 Å². The van der Waals surface area contributed by atoms with Crippen LogP contribution in [0.1, 0.15) is 76.3 Å². The lowest BCUT2D eigenvalue weighted by atomic mass is 9.78. The van der Waals surface area contributed by atoms with Gasteiger partial charge in [-0.05, 0) is 75.9 Å². The van der Waals surface area contributed by atoms with Crippen LogP contribution >= 0.6 is 0 Å². The highest BCUT2D eigenvalue weighted by Gasteiger charge is 2.27. The second kappa shape index (κ2) is 12.5. The lowest BCUT2D eigenvalue weighted by molar-refractivity contribution is -0.126. The van der Waals surface area contributed by atoms with Crippen LogP contribution in [0, 0.1) is 0 Å². The first-order chi connectivity index (χ1) is 18.7.